The Bertz CT molecular complexity index is 1370. The van der Waals surface area contributed by atoms with Crippen LogP contribution in [0.25, 0.3) is 0 Å². The first kappa shape index (κ1) is 28.3. The van der Waals surface area contributed by atoms with Crippen molar-refractivity contribution in [1.82, 2.24) is 9.62 Å². The molecule has 0 saturated carbocycles. The van der Waals surface area contributed by atoms with Crippen LogP contribution in [0, 0.1) is 0 Å². The number of carboxylic acid groups (broad SMARTS) is 1. The van der Waals surface area contributed by atoms with Gasteiger partial charge in [0.2, 0.25) is 5.60 Å². The summed E-state index contributed by atoms with van der Waals surface area (Å²) >= 11 is 0. The van der Waals surface area contributed by atoms with Crippen molar-refractivity contribution >= 4 is 45.6 Å². The fourth-order valence-corrected chi connectivity index (χ4v) is 4.46. The molecule has 2 amide bonds. The molecule has 3 rings (SSSR count). The van der Waals surface area contributed by atoms with Gasteiger partial charge in [-0.25, -0.2) is 14.6 Å². The van der Waals surface area contributed by atoms with Crippen LogP contribution in [0.3, 0.4) is 0 Å². The molecule has 0 spiro atoms. The molecule has 0 aromatic heterocycles. The number of rotatable bonds is 10. The molecule has 1 saturated heterocycles. The van der Waals surface area contributed by atoms with Gasteiger partial charge in [0.05, 0.1) is 5.70 Å². The van der Waals surface area contributed by atoms with Crippen LogP contribution in [0.15, 0.2) is 52.3 Å². The summed E-state index contributed by atoms with van der Waals surface area (Å²) in [5.41, 5.74) is 1.22. The van der Waals surface area contributed by atoms with E-state index in [0.717, 1.165) is 20.8 Å². The van der Waals surface area contributed by atoms with Gasteiger partial charge in [-0.15, -0.1) is 0 Å². The zero-order valence-corrected chi connectivity index (χ0v) is 21.3. The minimum absolute atomic E-state index is 0.101. The Hall–Kier alpha value is -4.31. The highest BCUT2D eigenvalue weighted by atomic mass is 32.2. The molecule has 1 aromatic carbocycles. The fraction of sp³-hybridized carbons (Fsp3) is 0.364. The number of carbonyl (C=O) groups excluding carboxylic acids is 3. The molecule has 0 bridgehead atoms. The van der Waals surface area contributed by atoms with Gasteiger partial charge in [-0.1, -0.05) is 35.5 Å². The summed E-state index contributed by atoms with van der Waals surface area (Å²) in [7, 11) is -5.24. The van der Waals surface area contributed by atoms with Crippen molar-refractivity contribution in [2.75, 3.05) is 0 Å². The molecule has 1 fully saturated rings. The Balaban J connectivity index is 1.91. The number of β-lactam (4-membered cyclic amide) rings is 1. The third-order valence-corrected chi connectivity index (χ3v) is 6.69. The summed E-state index contributed by atoms with van der Waals surface area (Å²) in [6, 6.07) is 6.50. The first-order chi connectivity index (χ1) is 17.6. The van der Waals surface area contributed by atoms with E-state index in [-0.39, 0.29) is 28.9 Å². The molecule has 2 aliphatic heterocycles. The van der Waals surface area contributed by atoms with Crippen molar-refractivity contribution in [2.45, 2.75) is 51.0 Å². The summed E-state index contributed by atoms with van der Waals surface area (Å²) in [6.45, 7) is 3.00. The second kappa shape index (κ2) is 10.2. The molecular formula is C22H25N5O10S. The van der Waals surface area contributed by atoms with E-state index in [1.54, 1.807) is 30.3 Å². The van der Waals surface area contributed by atoms with Gasteiger partial charge in [0.25, 0.3) is 11.8 Å². The van der Waals surface area contributed by atoms with E-state index in [9.17, 15) is 37.3 Å². The maximum atomic E-state index is 13.2. The predicted molar refractivity (Wildman–Crippen MR) is 130 cm³/mol. The van der Waals surface area contributed by atoms with E-state index in [1.165, 1.54) is 6.08 Å². The summed E-state index contributed by atoms with van der Waals surface area (Å²) < 4.78 is 38.5. The van der Waals surface area contributed by atoms with E-state index >= 15 is 0 Å². The zero-order chi connectivity index (χ0) is 28.5. The minimum Gasteiger partial charge on any atom is -0.478 e. The minimum atomic E-state index is -5.24. The van der Waals surface area contributed by atoms with Crippen molar-refractivity contribution in [3.63, 3.8) is 0 Å². The first-order valence-electron chi connectivity index (χ1n) is 11.0. The molecule has 1 aromatic rings. The van der Waals surface area contributed by atoms with Crippen molar-refractivity contribution in [3.05, 3.63) is 47.7 Å². The largest absolute Gasteiger partial charge is 0.478 e. The summed E-state index contributed by atoms with van der Waals surface area (Å²) in [5.74, 6) is -5.06. The molecule has 0 aliphatic carbocycles. The number of oxime groups is 1. The van der Waals surface area contributed by atoms with Crippen LogP contribution in [0.1, 0.15) is 32.8 Å². The Morgan fingerprint density at radius 1 is 1.29 bits per heavy atom. The normalized spacial score (nSPS) is 21.7. The molecule has 5 N–H and O–H groups in total. The number of amidine groups is 1. The number of hydrogen-bond donors (Lipinski definition) is 4. The van der Waals surface area contributed by atoms with Gasteiger partial charge in [-0.3, -0.25) is 14.1 Å². The lowest BCUT2D eigenvalue weighted by atomic mass is 9.83. The molecule has 0 radical (unpaired) electrons. The Morgan fingerprint density at radius 3 is 2.45 bits per heavy atom. The van der Waals surface area contributed by atoms with Crippen molar-refractivity contribution in [2.24, 2.45) is 15.9 Å². The van der Waals surface area contributed by atoms with Crippen LogP contribution in [0.5, 0.6) is 0 Å². The van der Waals surface area contributed by atoms with Gasteiger partial charge in [0, 0.05) is 6.42 Å². The Kier molecular flexibility index (Phi) is 7.60. The molecule has 2 atom stereocenters. The maximum Gasteiger partial charge on any atom is 0.363 e. The number of nitrogens with zero attached hydrogens (tertiary/aromatic N) is 3. The number of carbonyl (C=O) groups is 4. The number of aliphatic carboxylic acids is 1. The number of hydrogen-bond acceptors (Lipinski definition) is 11. The van der Waals surface area contributed by atoms with Gasteiger partial charge in [0.15, 0.2) is 11.3 Å². The van der Waals surface area contributed by atoms with Crippen molar-refractivity contribution in [3.8, 4) is 0 Å². The molecular weight excluding hydrogens is 526 g/mol. The second-order valence-electron chi connectivity index (χ2n) is 8.94. The summed E-state index contributed by atoms with van der Waals surface area (Å²) in [4.78, 5) is 59.2. The van der Waals surface area contributed by atoms with Crippen LogP contribution >= 0.6 is 0 Å². The van der Waals surface area contributed by atoms with Crippen LogP contribution < -0.4 is 11.1 Å². The molecule has 204 valence electrons. The van der Waals surface area contributed by atoms with Gasteiger partial charge in [0.1, 0.15) is 18.5 Å². The number of benzene rings is 1. The van der Waals surface area contributed by atoms with Crippen molar-refractivity contribution < 1.29 is 46.8 Å². The number of aliphatic imine (C=N–C) groups is 1. The number of ether oxygens (including phenoxy) is 1. The number of nitrogens with two attached hydrogens (primary N) is 1. The summed E-state index contributed by atoms with van der Waals surface area (Å²) in [5, 5.41) is 15.0. The lowest BCUT2D eigenvalue weighted by Gasteiger charge is -2.50. The number of amides is 2. The second-order valence-corrected chi connectivity index (χ2v) is 10.2. The lowest BCUT2D eigenvalue weighted by molar-refractivity contribution is -0.176. The molecule has 15 nitrogen and oxygen atoms in total. The standard InChI is InChI=1S/C22H25N5O10S/c1-21(2,19(30)31)37-26-15(13-9-10-14(23)24-13)17(28)25-16-18(29)27(38(33,34)35)22(16,3)20(32)36-11-12-7-5-4-6-8-12/h4-9,16H,10-11H2,1-3H3,(H2,23,24)(H,25,28)(H,30,31)(H,33,34,35)/b26-15-/t16-,22?/m1/s1. The van der Waals surface area contributed by atoms with E-state index in [4.69, 9.17) is 15.3 Å². The van der Waals surface area contributed by atoms with Gasteiger partial charge < -0.3 is 25.7 Å². The quantitative estimate of drug-likeness (QED) is 0.0952. The Morgan fingerprint density at radius 2 is 1.92 bits per heavy atom. The van der Waals surface area contributed by atoms with E-state index in [2.05, 4.69) is 15.5 Å². The third-order valence-electron chi connectivity index (χ3n) is 5.67. The molecule has 16 heteroatoms. The van der Waals surface area contributed by atoms with Gasteiger partial charge >= 0.3 is 22.2 Å². The number of nitrogens with one attached hydrogen (secondary N) is 1. The van der Waals surface area contributed by atoms with Crippen LogP contribution in [-0.4, -0.2) is 74.9 Å². The smallest absolute Gasteiger partial charge is 0.363 e. The SMILES string of the molecule is CC(C)(O/N=C(\C(=O)N[C@@H]1C(=O)N(S(=O)(=O)O)C1(C)C(=O)OCc1ccccc1)C1=CCC(N)=N1)C(=O)O. The molecule has 2 heterocycles. The molecule has 38 heavy (non-hydrogen) atoms. The number of esters is 1. The highest BCUT2D eigenvalue weighted by molar-refractivity contribution is 7.84. The van der Waals surface area contributed by atoms with Crippen LogP contribution in [-0.2, 0) is 45.7 Å². The average Bonchev–Trinajstić information content (AvgIpc) is 3.26. The van der Waals surface area contributed by atoms with Crippen LogP contribution in [0.4, 0.5) is 0 Å². The monoisotopic (exact) mass is 551 g/mol. The first-order valence-corrected chi connectivity index (χ1v) is 12.4. The summed E-state index contributed by atoms with van der Waals surface area (Å²) in [6.07, 6.45) is 1.51. The predicted octanol–water partition coefficient (Wildman–Crippen LogP) is -0.501. The lowest BCUT2D eigenvalue weighted by Crippen LogP contribution is -2.82. The third kappa shape index (κ3) is 5.50. The van der Waals surface area contributed by atoms with E-state index in [0.29, 0.717) is 5.56 Å². The topological polar surface area (TPSA) is 227 Å². The molecule has 1 unspecified atom stereocenters. The highest BCUT2D eigenvalue weighted by Crippen LogP contribution is 2.36. The fourth-order valence-electron chi connectivity index (χ4n) is 3.46. The van der Waals surface area contributed by atoms with Gasteiger partial charge in [-0.05, 0) is 32.4 Å². The van der Waals surface area contributed by atoms with E-state index < -0.39 is 57.0 Å². The highest BCUT2D eigenvalue weighted by Gasteiger charge is 2.68. The Labute approximate surface area is 216 Å². The average molecular weight is 552 g/mol. The zero-order valence-electron chi connectivity index (χ0n) is 20.4. The maximum absolute atomic E-state index is 13.2. The molecule has 2 aliphatic rings. The number of carboxylic acids is 1. The van der Waals surface area contributed by atoms with Crippen molar-refractivity contribution in [1.29, 1.82) is 0 Å². The van der Waals surface area contributed by atoms with Gasteiger partial charge in [-0.2, -0.15) is 12.7 Å². The van der Waals surface area contributed by atoms with Crippen LogP contribution in [0.2, 0.25) is 0 Å². The van der Waals surface area contributed by atoms with E-state index in [1.807, 2.05) is 0 Å².